The average molecular weight is 381 g/mol. The van der Waals surface area contributed by atoms with Crippen molar-refractivity contribution in [2.75, 3.05) is 7.11 Å². The SMILES string of the molecule is COc1cc(/C=N/C(C(=O)O)C(C)C)ccc1OC(=O)/C=C/c1ccccc1. The first-order valence-electron chi connectivity index (χ1n) is 8.79. The van der Waals surface area contributed by atoms with Crippen molar-refractivity contribution in [2.45, 2.75) is 19.9 Å². The number of nitrogens with zero attached hydrogens (tertiary/aromatic N) is 1. The Morgan fingerprint density at radius 1 is 1.04 bits per heavy atom. The van der Waals surface area contributed by atoms with E-state index in [0.717, 1.165) is 5.56 Å². The van der Waals surface area contributed by atoms with Crippen LogP contribution in [0.25, 0.3) is 6.08 Å². The standard InChI is InChI=1S/C22H23NO5/c1-15(2)21(22(25)26)23-14-17-9-11-18(19(13-17)27-3)28-20(24)12-10-16-7-5-4-6-8-16/h4-15,21H,1-3H3,(H,25,26)/b12-10+,23-14+. The van der Waals surface area contributed by atoms with Crippen molar-refractivity contribution in [3.63, 3.8) is 0 Å². The number of rotatable bonds is 8. The Labute approximate surface area is 164 Å². The molecule has 0 fully saturated rings. The lowest BCUT2D eigenvalue weighted by Crippen LogP contribution is -2.24. The molecular formula is C22H23NO5. The number of carbonyl (C=O) groups is 2. The highest BCUT2D eigenvalue weighted by Crippen LogP contribution is 2.28. The molecule has 0 heterocycles. The highest BCUT2D eigenvalue weighted by molar-refractivity contribution is 5.89. The summed E-state index contributed by atoms with van der Waals surface area (Å²) >= 11 is 0. The highest BCUT2D eigenvalue weighted by Gasteiger charge is 2.19. The van der Waals surface area contributed by atoms with Crippen molar-refractivity contribution in [1.29, 1.82) is 0 Å². The quantitative estimate of drug-likeness (QED) is 0.325. The summed E-state index contributed by atoms with van der Waals surface area (Å²) in [5.41, 5.74) is 1.53. The average Bonchev–Trinajstić information content (AvgIpc) is 2.67. The van der Waals surface area contributed by atoms with E-state index in [1.807, 2.05) is 30.3 Å². The topological polar surface area (TPSA) is 85.2 Å². The molecule has 0 spiro atoms. The van der Waals surface area contributed by atoms with Gasteiger partial charge in [-0.25, -0.2) is 9.59 Å². The van der Waals surface area contributed by atoms with Crippen molar-refractivity contribution in [3.05, 3.63) is 65.7 Å². The molecule has 0 saturated carbocycles. The first-order chi connectivity index (χ1) is 13.4. The number of ether oxygens (including phenoxy) is 2. The van der Waals surface area contributed by atoms with E-state index in [4.69, 9.17) is 9.47 Å². The third kappa shape index (κ3) is 6.09. The van der Waals surface area contributed by atoms with E-state index in [9.17, 15) is 14.7 Å². The molecule has 0 aliphatic carbocycles. The van der Waals surface area contributed by atoms with Gasteiger partial charge in [0.2, 0.25) is 0 Å². The molecule has 2 aromatic carbocycles. The van der Waals surface area contributed by atoms with Crippen LogP contribution in [-0.4, -0.2) is 36.4 Å². The van der Waals surface area contributed by atoms with Crippen LogP contribution in [-0.2, 0) is 9.59 Å². The third-order valence-corrected chi connectivity index (χ3v) is 3.88. The van der Waals surface area contributed by atoms with Gasteiger partial charge in [0.05, 0.1) is 7.11 Å². The molecular weight excluding hydrogens is 358 g/mol. The van der Waals surface area contributed by atoms with Crippen molar-refractivity contribution in [2.24, 2.45) is 10.9 Å². The number of esters is 1. The Morgan fingerprint density at radius 3 is 2.36 bits per heavy atom. The fourth-order valence-corrected chi connectivity index (χ4v) is 2.41. The minimum absolute atomic E-state index is 0.132. The molecule has 146 valence electrons. The van der Waals surface area contributed by atoms with Gasteiger partial charge in [0.15, 0.2) is 11.5 Å². The molecule has 2 rings (SSSR count). The molecule has 0 aliphatic heterocycles. The molecule has 6 nitrogen and oxygen atoms in total. The van der Waals surface area contributed by atoms with Crippen LogP contribution >= 0.6 is 0 Å². The summed E-state index contributed by atoms with van der Waals surface area (Å²) in [6, 6.07) is 13.5. The molecule has 0 amide bonds. The van der Waals surface area contributed by atoms with Crippen LogP contribution in [0.1, 0.15) is 25.0 Å². The number of carbonyl (C=O) groups excluding carboxylic acids is 1. The predicted octanol–water partition coefficient (Wildman–Crippen LogP) is 3.84. The zero-order chi connectivity index (χ0) is 20.5. The second-order valence-corrected chi connectivity index (χ2v) is 6.38. The Hall–Kier alpha value is -3.41. The zero-order valence-corrected chi connectivity index (χ0v) is 16.0. The van der Waals surface area contributed by atoms with E-state index >= 15 is 0 Å². The maximum atomic E-state index is 12.0. The highest BCUT2D eigenvalue weighted by atomic mass is 16.6. The first kappa shape index (κ1) is 20.9. The van der Waals surface area contributed by atoms with Gasteiger partial charge in [-0.1, -0.05) is 44.2 Å². The summed E-state index contributed by atoms with van der Waals surface area (Å²) in [4.78, 5) is 27.4. The number of carboxylic acid groups (broad SMARTS) is 1. The first-order valence-corrected chi connectivity index (χ1v) is 8.79. The van der Waals surface area contributed by atoms with Crippen molar-refractivity contribution < 1.29 is 24.2 Å². The van der Waals surface area contributed by atoms with E-state index in [0.29, 0.717) is 11.3 Å². The van der Waals surface area contributed by atoms with Crippen LogP contribution in [0.3, 0.4) is 0 Å². The van der Waals surface area contributed by atoms with Gasteiger partial charge < -0.3 is 14.6 Å². The number of carboxylic acids is 1. The lowest BCUT2D eigenvalue weighted by molar-refractivity contribution is -0.139. The summed E-state index contributed by atoms with van der Waals surface area (Å²) in [6.45, 7) is 3.59. The second kappa shape index (κ2) is 10.1. The number of hydrogen-bond donors (Lipinski definition) is 1. The number of aliphatic imine (C=N–C) groups is 1. The van der Waals surface area contributed by atoms with Gasteiger partial charge in [-0.05, 0) is 41.3 Å². The second-order valence-electron chi connectivity index (χ2n) is 6.38. The lowest BCUT2D eigenvalue weighted by Gasteiger charge is -2.11. The third-order valence-electron chi connectivity index (χ3n) is 3.88. The van der Waals surface area contributed by atoms with Gasteiger partial charge in [0, 0.05) is 12.3 Å². The van der Waals surface area contributed by atoms with Crippen molar-refractivity contribution in [3.8, 4) is 11.5 Å². The van der Waals surface area contributed by atoms with Crippen LogP contribution in [0.2, 0.25) is 0 Å². The van der Waals surface area contributed by atoms with Crippen LogP contribution in [0.5, 0.6) is 11.5 Å². The molecule has 0 bridgehead atoms. The Bertz CT molecular complexity index is 872. The molecule has 1 N–H and O–H groups in total. The lowest BCUT2D eigenvalue weighted by atomic mass is 10.1. The van der Waals surface area contributed by atoms with Crippen LogP contribution in [0, 0.1) is 5.92 Å². The molecule has 0 saturated heterocycles. The summed E-state index contributed by atoms with van der Waals surface area (Å²) in [7, 11) is 1.46. The number of aliphatic carboxylic acids is 1. The van der Waals surface area contributed by atoms with E-state index in [2.05, 4.69) is 4.99 Å². The van der Waals surface area contributed by atoms with Gasteiger partial charge >= 0.3 is 11.9 Å². The normalized spacial score (nSPS) is 12.4. The summed E-state index contributed by atoms with van der Waals surface area (Å²) < 4.78 is 10.6. The fourth-order valence-electron chi connectivity index (χ4n) is 2.41. The number of hydrogen-bond acceptors (Lipinski definition) is 5. The maximum absolute atomic E-state index is 12.0. The molecule has 2 aromatic rings. The Kier molecular flexibility index (Phi) is 7.51. The molecule has 1 atom stereocenters. The monoisotopic (exact) mass is 381 g/mol. The van der Waals surface area contributed by atoms with Crippen molar-refractivity contribution in [1.82, 2.24) is 0 Å². The largest absolute Gasteiger partial charge is 0.493 e. The molecule has 28 heavy (non-hydrogen) atoms. The van der Waals surface area contributed by atoms with E-state index < -0.39 is 18.0 Å². The van der Waals surface area contributed by atoms with Crippen LogP contribution in [0.4, 0.5) is 0 Å². The molecule has 0 aliphatic rings. The van der Waals surface area contributed by atoms with Gasteiger partial charge in [-0.3, -0.25) is 4.99 Å². The van der Waals surface area contributed by atoms with E-state index in [1.165, 1.54) is 19.4 Å². The smallest absolute Gasteiger partial charge is 0.336 e. The molecule has 0 aromatic heterocycles. The van der Waals surface area contributed by atoms with E-state index in [1.54, 1.807) is 38.1 Å². The fraction of sp³-hybridized carbons (Fsp3) is 0.227. The Balaban J connectivity index is 2.11. The van der Waals surface area contributed by atoms with Crippen LogP contribution < -0.4 is 9.47 Å². The van der Waals surface area contributed by atoms with E-state index in [-0.39, 0.29) is 11.7 Å². The minimum atomic E-state index is -0.978. The zero-order valence-electron chi connectivity index (χ0n) is 16.0. The molecule has 6 heteroatoms. The Morgan fingerprint density at radius 2 is 1.75 bits per heavy atom. The van der Waals surface area contributed by atoms with Gasteiger partial charge in [0.25, 0.3) is 0 Å². The summed E-state index contributed by atoms with van der Waals surface area (Å²) in [6.07, 6.45) is 4.47. The van der Waals surface area contributed by atoms with Crippen LogP contribution in [0.15, 0.2) is 59.6 Å². The summed E-state index contributed by atoms with van der Waals surface area (Å²) in [5, 5.41) is 9.20. The van der Waals surface area contributed by atoms with Gasteiger partial charge in [-0.2, -0.15) is 0 Å². The predicted molar refractivity (Wildman–Crippen MR) is 108 cm³/mol. The number of methoxy groups -OCH3 is 1. The minimum Gasteiger partial charge on any atom is -0.493 e. The molecule has 0 radical (unpaired) electrons. The maximum Gasteiger partial charge on any atom is 0.336 e. The molecule has 1 unspecified atom stereocenters. The van der Waals surface area contributed by atoms with Crippen molar-refractivity contribution >= 4 is 24.2 Å². The van der Waals surface area contributed by atoms with Gasteiger partial charge in [0.1, 0.15) is 6.04 Å². The summed E-state index contributed by atoms with van der Waals surface area (Å²) in [5.74, 6) is -1.03. The van der Waals surface area contributed by atoms with Gasteiger partial charge in [-0.15, -0.1) is 0 Å². The number of benzene rings is 2.